The molecular weight excluding hydrogens is 250 g/mol. The summed E-state index contributed by atoms with van der Waals surface area (Å²) in [4.78, 5) is 26.1. The van der Waals surface area contributed by atoms with Crippen molar-refractivity contribution in [2.24, 2.45) is 11.8 Å². The van der Waals surface area contributed by atoms with Crippen LogP contribution in [0, 0.1) is 11.8 Å². The topological polar surface area (TPSA) is 37.4 Å². The fourth-order valence-electron chi connectivity index (χ4n) is 3.22. The summed E-state index contributed by atoms with van der Waals surface area (Å²) >= 11 is 0. The van der Waals surface area contributed by atoms with Crippen LogP contribution in [0.5, 0.6) is 0 Å². The van der Waals surface area contributed by atoms with Gasteiger partial charge in [0, 0.05) is 13.0 Å². The molecule has 1 aliphatic heterocycles. The molecule has 3 nitrogen and oxygen atoms in total. The highest BCUT2D eigenvalue weighted by Gasteiger charge is 2.41. The largest absolute Gasteiger partial charge is 0.282 e. The van der Waals surface area contributed by atoms with Gasteiger partial charge in [-0.2, -0.15) is 0 Å². The van der Waals surface area contributed by atoms with E-state index in [1.807, 2.05) is 0 Å². The predicted octanol–water partition coefficient (Wildman–Crippen LogP) is 4.16. The van der Waals surface area contributed by atoms with Crippen LogP contribution in [0.3, 0.4) is 0 Å². The molecule has 0 N–H and O–H groups in total. The highest BCUT2D eigenvalue weighted by atomic mass is 16.2. The molecule has 0 aromatic rings. The number of imide groups is 1. The number of rotatable bonds is 10. The Morgan fingerprint density at radius 1 is 1.00 bits per heavy atom. The van der Waals surface area contributed by atoms with E-state index in [0.29, 0.717) is 18.9 Å². The predicted molar refractivity (Wildman–Crippen MR) is 82.3 cm³/mol. The SMILES string of the molecule is CCCCCN1C(=O)CC(C(CCC)CCCC)C1=O. The van der Waals surface area contributed by atoms with Gasteiger partial charge in [0.15, 0.2) is 0 Å². The van der Waals surface area contributed by atoms with Crippen molar-refractivity contribution in [2.75, 3.05) is 6.54 Å². The second kappa shape index (κ2) is 9.15. The van der Waals surface area contributed by atoms with E-state index in [4.69, 9.17) is 0 Å². The summed E-state index contributed by atoms with van der Waals surface area (Å²) in [5.74, 6) is 0.553. The van der Waals surface area contributed by atoms with E-state index >= 15 is 0 Å². The van der Waals surface area contributed by atoms with E-state index in [2.05, 4.69) is 20.8 Å². The summed E-state index contributed by atoms with van der Waals surface area (Å²) in [5.41, 5.74) is 0. The average Bonchev–Trinajstić information content (AvgIpc) is 2.71. The standard InChI is InChI=1S/C17H31NO2/c1-4-7-9-12-18-16(19)13-15(17(18)20)14(10-6-3)11-8-5-2/h14-15H,4-13H2,1-3H3. The van der Waals surface area contributed by atoms with E-state index in [-0.39, 0.29) is 17.7 Å². The van der Waals surface area contributed by atoms with Gasteiger partial charge < -0.3 is 0 Å². The molecule has 0 aromatic heterocycles. The smallest absolute Gasteiger partial charge is 0.233 e. The zero-order valence-electron chi connectivity index (χ0n) is 13.5. The third-order valence-corrected chi connectivity index (χ3v) is 4.42. The molecule has 3 heteroatoms. The average molecular weight is 281 g/mol. The number of hydrogen-bond donors (Lipinski definition) is 0. The molecule has 0 bridgehead atoms. The number of carbonyl (C=O) groups excluding carboxylic acids is 2. The molecule has 1 rings (SSSR count). The Bertz CT molecular complexity index is 314. The van der Waals surface area contributed by atoms with Crippen LogP contribution in [-0.2, 0) is 9.59 Å². The van der Waals surface area contributed by atoms with Crippen LogP contribution < -0.4 is 0 Å². The number of nitrogens with zero attached hydrogens (tertiary/aromatic N) is 1. The van der Waals surface area contributed by atoms with Crippen LogP contribution in [0.15, 0.2) is 0 Å². The summed E-state index contributed by atoms with van der Waals surface area (Å²) in [6.45, 7) is 7.12. The van der Waals surface area contributed by atoms with Crippen molar-refractivity contribution in [3.05, 3.63) is 0 Å². The summed E-state index contributed by atoms with van der Waals surface area (Å²) < 4.78 is 0. The van der Waals surface area contributed by atoms with Gasteiger partial charge in [0.1, 0.15) is 0 Å². The molecule has 1 fully saturated rings. The minimum Gasteiger partial charge on any atom is -0.282 e. The van der Waals surface area contributed by atoms with Crippen molar-refractivity contribution >= 4 is 11.8 Å². The van der Waals surface area contributed by atoms with Gasteiger partial charge in [-0.1, -0.05) is 52.9 Å². The maximum absolute atomic E-state index is 12.5. The second-order valence-corrected chi connectivity index (χ2v) is 6.09. The maximum atomic E-state index is 12.5. The molecule has 1 heterocycles. The molecule has 0 aliphatic carbocycles. The van der Waals surface area contributed by atoms with Crippen LogP contribution in [0.4, 0.5) is 0 Å². The molecule has 2 amide bonds. The first-order valence-electron chi connectivity index (χ1n) is 8.49. The van der Waals surface area contributed by atoms with Crippen molar-refractivity contribution < 1.29 is 9.59 Å². The maximum Gasteiger partial charge on any atom is 0.233 e. The minimum absolute atomic E-state index is 0.0318. The summed E-state index contributed by atoms with van der Waals surface area (Å²) in [6.07, 6.45) is 9.22. The summed E-state index contributed by atoms with van der Waals surface area (Å²) in [6, 6.07) is 0. The zero-order chi connectivity index (χ0) is 15.0. The van der Waals surface area contributed by atoms with Gasteiger partial charge in [-0.3, -0.25) is 14.5 Å². The van der Waals surface area contributed by atoms with Crippen LogP contribution in [0.25, 0.3) is 0 Å². The van der Waals surface area contributed by atoms with Gasteiger partial charge in [0.05, 0.1) is 5.92 Å². The van der Waals surface area contributed by atoms with E-state index < -0.39 is 0 Å². The van der Waals surface area contributed by atoms with Crippen molar-refractivity contribution in [2.45, 2.75) is 78.6 Å². The Labute approximate surface area is 124 Å². The van der Waals surface area contributed by atoms with E-state index in [1.165, 1.54) is 11.3 Å². The van der Waals surface area contributed by atoms with Gasteiger partial charge in [-0.15, -0.1) is 0 Å². The lowest BCUT2D eigenvalue weighted by atomic mass is 9.83. The first-order chi connectivity index (χ1) is 9.65. The molecule has 0 aromatic carbocycles. The molecule has 0 radical (unpaired) electrons. The molecule has 20 heavy (non-hydrogen) atoms. The fourth-order valence-corrected chi connectivity index (χ4v) is 3.22. The molecule has 0 spiro atoms. The number of carbonyl (C=O) groups is 2. The van der Waals surface area contributed by atoms with E-state index in [1.54, 1.807) is 0 Å². The zero-order valence-corrected chi connectivity index (χ0v) is 13.5. The lowest BCUT2D eigenvalue weighted by Gasteiger charge is -2.22. The van der Waals surface area contributed by atoms with Gasteiger partial charge in [-0.25, -0.2) is 0 Å². The molecule has 1 saturated heterocycles. The van der Waals surface area contributed by atoms with Crippen LogP contribution >= 0.6 is 0 Å². The van der Waals surface area contributed by atoms with Crippen LogP contribution in [-0.4, -0.2) is 23.3 Å². The Balaban J connectivity index is 2.61. The van der Waals surface area contributed by atoms with Crippen molar-refractivity contribution in [1.82, 2.24) is 4.90 Å². The summed E-state index contributed by atoms with van der Waals surface area (Å²) in [5, 5.41) is 0. The summed E-state index contributed by atoms with van der Waals surface area (Å²) in [7, 11) is 0. The normalized spacial score (nSPS) is 20.8. The van der Waals surface area contributed by atoms with Gasteiger partial charge in [-0.05, 0) is 25.2 Å². The Kier molecular flexibility index (Phi) is 7.86. The third-order valence-electron chi connectivity index (χ3n) is 4.42. The molecule has 2 unspecified atom stereocenters. The highest BCUT2D eigenvalue weighted by Crippen LogP contribution is 2.33. The lowest BCUT2D eigenvalue weighted by Crippen LogP contribution is -2.33. The van der Waals surface area contributed by atoms with Crippen LogP contribution in [0.2, 0.25) is 0 Å². The molecule has 0 saturated carbocycles. The highest BCUT2D eigenvalue weighted by molar-refractivity contribution is 6.03. The number of likely N-dealkylation sites (tertiary alicyclic amines) is 1. The second-order valence-electron chi connectivity index (χ2n) is 6.09. The molecule has 2 atom stereocenters. The Morgan fingerprint density at radius 3 is 2.30 bits per heavy atom. The quantitative estimate of drug-likeness (QED) is 0.445. The minimum atomic E-state index is -0.0318. The number of amides is 2. The lowest BCUT2D eigenvalue weighted by molar-refractivity contribution is -0.140. The van der Waals surface area contributed by atoms with Crippen LogP contribution in [0.1, 0.15) is 78.6 Å². The molecular formula is C17H31NO2. The van der Waals surface area contributed by atoms with Crippen molar-refractivity contribution in [3.63, 3.8) is 0 Å². The first kappa shape index (κ1) is 17.2. The molecule has 116 valence electrons. The Hall–Kier alpha value is -0.860. The molecule has 1 aliphatic rings. The van der Waals surface area contributed by atoms with Gasteiger partial charge in [0.25, 0.3) is 0 Å². The Morgan fingerprint density at radius 2 is 1.70 bits per heavy atom. The van der Waals surface area contributed by atoms with Gasteiger partial charge >= 0.3 is 0 Å². The van der Waals surface area contributed by atoms with Gasteiger partial charge in [0.2, 0.25) is 11.8 Å². The first-order valence-corrected chi connectivity index (χ1v) is 8.49. The monoisotopic (exact) mass is 281 g/mol. The number of hydrogen-bond acceptors (Lipinski definition) is 2. The third kappa shape index (κ3) is 4.60. The number of unbranched alkanes of at least 4 members (excludes halogenated alkanes) is 3. The van der Waals surface area contributed by atoms with E-state index in [0.717, 1.165) is 44.9 Å². The fraction of sp³-hybridized carbons (Fsp3) is 0.882. The van der Waals surface area contributed by atoms with Crippen molar-refractivity contribution in [1.29, 1.82) is 0 Å². The van der Waals surface area contributed by atoms with Crippen molar-refractivity contribution in [3.8, 4) is 0 Å². The van der Waals surface area contributed by atoms with E-state index in [9.17, 15) is 9.59 Å².